The van der Waals surface area contributed by atoms with Crippen LogP contribution in [0.1, 0.15) is 12.8 Å². The number of carbonyl (C=O) groups is 3. The molecule has 0 saturated carbocycles. The zero-order chi connectivity index (χ0) is 16.9. The van der Waals surface area contributed by atoms with Gasteiger partial charge in [-0.25, -0.2) is 0 Å². The minimum Gasteiger partial charge on any atom is -0.457 e. The number of hydrogen-bond donors (Lipinski definition) is 1. The Morgan fingerprint density at radius 1 is 0.958 bits per heavy atom. The molecule has 0 bridgehead atoms. The van der Waals surface area contributed by atoms with Crippen LogP contribution in [0.2, 0.25) is 0 Å². The highest BCUT2D eigenvalue weighted by atomic mass is 16.5. The number of para-hydroxylation sites is 1. The van der Waals surface area contributed by atoms with Crippen LogP contribution in [0.4, 0.5) is 5.69 Å². The summed E-state index contributed by atoms with van der Waals surface area (Å²) >= 11 is 0. The molecule has 0 aromatic heterocycles. The van der Waals surface area contributed by atoms with Crippen LogP contribution in [-0.4, -0.2) is 29.2 Å². The zero-order valence-corrected chi connectivity index (χ0v) is 12.9. The van der Waals surface area contributed by atoms with Gasteiger partial charge in [0.25, 0.3) is 0 Å². The van der Waals surface area contributed by atoms with E-state index >= 15 is 0 Å². The van der Waals surface area contributed by atoms with E-state index < -0.39 is 5.91 Å². The van der Waals surface area contributed by atoms with Crippen LogP contribution >= 0.6 is 0 Å². The Labute approximate surface area is 139 Å². The molecule has 122 valence electrons. The van der Waals surface area contributed by atoms with Crippen molar-refractivity contribution in [2.45, 2.75) is 12.8 Å². The van der Waals surface area contributed by atoms with Crippen LogP contribution in [0.15, 0.2) is 54.6 Å². The smallest absolute Gasteiger partial charge is 0.244 e. The number of carbonyl (C=O) groups excluding carboxylic acids is 3. The molecule has 1 aliphatic rings. The average Bonchev–Trinajstić information content (AvgIpc) is 2.88. The first-order valence-corrected chi connectivity index (χ1v) is 7.58. The first-order chi connectivity index (χ1) is 11.6. The lowest BCUT2D eigenvalue weighted by atomic mass is 10.3. The maximum atomic E-state index is 12.0. The predicted molar refractivity (Wildman–Crippen MR) is 87.5 cm³/mol. The molecule has 1 fully saturated rings. The summed E-state index contributed by atoms with van der Waals surface area (Å²) in [5.41, 5.74) is 0.535. The van der Waals surface area contributed by atoms with Gasteiger partial charge in [-0.3, -0.25) is 19.3 Å². The van der Waals surface area contributed by atoms with E-state index in [9.17, 15) is 14.4 Å². The van der Waals surface area contributed by atoms with E-state index in [4.69, 9.17) is 4.74 Å². The van der Waals surface area contributed by atoms with Gasteiger partial charge in [0.2, 0.25) is 17.7 Å². The topological polar surface area (TPSA) is 75.7 Å². The SMILES string of the molecule is O=C(CN1C(=O)CCC1=O)Nc1cccc(Oc2ccccc2)c1. The molecule has 3 rings (SSSR count). The summed E-state index contributed by atoms with van der Waals surface area (Å²) in [7, 11) is 0. The van der Waals surface area contributed by atoms with Gasteiger partial charge in [-0.05, 0) is 24.3 Å². The van der Waals surface area contributed by atoms with Crippen molar-refractivity contribution >= 4 is 23.4 Å². The lowest BCUT2D eigenvalue weighted by Gasteiger charge is -2.14. The second kappa shape index (κ2) is 6.95. The molecule has 0 radical (unpaired) electrons. The van der Waals surface area contributed by atoms with Gasteiger partial charge >= 0.3 is 0 Å². The van der Waals surface area contributed by atoms with E-state index in [0.717, 1.165) is 4.90 Å². The van der Waals surface area contributed by atoms with Crippen LogP contribution in [0.25, 0.3) is 0 Å². The molecule has 0 spiro atoms. The van der Waals surface area contributed by atoms with Crippen LogP contribution in [0.5, 0.6) is 11.5 Å². The highest BCUT2D eigenvalue weighted by Crippen LogP contribution is 2.24. The van der Waals surface area contributed by atoms with Crippen molar-refractivity contribution in [3.8, 4) is 11.5 Å². The lowest BCUT2D eigenvalue weighted by molar-refractivity contribution is -0.141. The van der Waals surface area contributed by atoms with Crippen molar-refractivity contribution in [3.05, 3.63) is 54.6 Å². The summed E-state index contributed by atoms with van der Waals surface area (Å²) < 4.78 is 5.70. The Kier molecular flexibility index (Phi) is 4.56. The molecule has 1 saturated heterocycles. The Bertz CT molecular complexity index is 758. The van der Waals surface area contributed by atoms with Crippen molar-refractivity contribution in [2.24, 2.45) is 0 Å². The largest absolute Gasteiger partial charge is 0.457 e. The number of anilines is 1. The number of hydrogen-bond acceptors (Lipinski definition) is 4. The maximum absolute atomic E-state index is 12.0. The molecule has 0 unspecified atom stereocenters. The number of nitrogens with one attached hydrogen (secondary N) is 1. The van der Waals surface area contributed by atoms with Gasteiger partial charge in [-0.15, -0.1) is 0 Å². The average molecular weight is 324 g/mol. The van der Waals surface area contributed by atoms with Gasteiger partial charge in [0.05, 0.1) is 0 Å². The van der Waals surface area contributed by atoms with E-state index in [0.29, 0.717) is 17.2 Å². The highest BCUT2D eigenvalue weighted by Gasteiger charge is 2.30. The second-order valence-electron chi connectivity index (χ2n) is 5.36. The lowest BCUT2D eigenvalue weighted by Crippen LogP contribution is -2.36. The van der Waals surface area contributed by atoms with Gasteiger partial charge in [0.1, 0.15) is 18.0 Å². The van der Waals surface area contributed by atoms with Gasteiger partial charge in [0, 0.05) is 24.6 Å². The molecule has 6 heteroatoms. The maximum Gasteiger partial charge on any atom is 0.244 e. The molecular formula is C18H16N2O4. The normalized spacial score (nSPS) is 13.9. The fourth-order valence-corrected chi connectivity index (χ4v) is 2.41. The third kappa shape index (κ3) is 3.78. The van der Waals surface area contributed by atoms with E-state index in [-0.39, 0.29) is 31.2 Å². The minimum absolute atomic E-state index is 0.173. The van der Waals surface area contributed by atoms with E-state index in [1.165, 1.54) is 0 Å². The fraction of sp³-hybridized carbons (Fsp3) is 0.167. The van der Waals surface area contributed by atoms with E-state index in [2.05, 4.69) is 5.32 Å². The Morgan fingerprint density at radius 3 is 2.33 bits per heavy atom. The van der Waals surface area contributed by atoms with Gasteiger partial charge < -0.3 is 10.1 Å². The van der Waals surface area contributed by atoms with Crippen molar-refractivity contribution in [1.29, 1.82) is 0 Å². The van der Waals surface area contributed by atoms with Crippen molar-refractivity contribution in [1.82, 2.24) is 4.90 Å². The molecule has 3 amide bonds. The van der Waals surface area contributed by atoms with Crippen molar-refractivity contribution in [3.63, 3.8) is 0 Å². The standard InChI is InChI=1S/C18H16N2O4/c21-16(12-20-17(22)9-10-18(20)23)19-13-5-4-8-15(11-13)24-14-6-2-1-3-7-14/h1-8,11H,9-10,12H2,(H,19,21). The molecule has 1 aliphatic heterocycles. The molecule has 0 aliphatic carbocycles. The molecule has 1 N–H and O–H groups in total. The molecule has 2 aromatic rings. The second-order valence-corrected chi connectivity index (χ2v) is 5.36. The number of rotatable bonds is 5. The zero-order valence-electron chi connectivity index (χ0n) is 12.9. The molecule has 6 nitrogen and oxygen atoms in total. The summed E-state index contributed by atoms with van der Waals surface area (Å²) in [6.07, 6.45) is 0.346. The van der Waals surface area contributed by atoms with E-state index in [1.54, 1.807) is 24.3 Å². The Balaban J connectivity index is 1.63. The third-order valence-corrected chi connectivity index (χ3v) is 3.55. The summed E-state index contributed by atoms with van der Waals surface area (Å²) in [4.78, 5) is 36.1. The van der Waals surface area contributed by atoms with Crippen molar-refractivity contribution in [2.75, 3.05) is 11.9 Å². The summed E-state index contributed by atoms with van der Waals surface area (Å²) in [5, 5.41) is 2.67. The number of amides is 3. The number of likely N-dealkylation sites (tertiary alicyclic amines) is 1. The van der Waals surface area contributed by atoms with Gasteiger partial charge in [0.15, 0.2) is 0 Å². The number of benzene rings is 2. The van der Waals surface area contributed by atoms with E-state index in [1.807, 2.05) is 30.3 Å². The minimum atomic E-state index is -0.421. The van der Waals surface area contributed by atoms with Gasteiger partial charge in [-0.1, -0.05) is 24.3 Å². The molecule has 24 heavy (non-hydrogen) atoms. The first-order valence-electron chi connectivity index (χ1n) is 7.58. The Hall–Kier alpha value is -3.15. The summed E-state index contributed by atoms with van der Waals surface area (Å²) in [5.74, 6) is 0.227. The first kappa shape index (κ1) is 15.7. The van der Waals surface area contributed by atoms with Crippen molar-refractivity contribution < 1.29 is 19.1 Å². The predicted octanol–water partition coefficient (Wildman–Crippen LogP) is 2.57. The fourth-order valence-electron chi connectivity index (χ4n) is 2.41. The van der Waals surface area contributed by atoms with Crippen LogP contribution in [0.3, 0.4) is 0 Å². The highest BCUT2D eigenvalue weighted by molar-refractivity contribution is 6.06. The quantitative estimate of drug-likeness (QED) is 0.858. The number of ether oxygens (including phenoxy) is 1. The molecule has 1 heterocycles. The number of nitrogens with zero attached hydrogens (tertiary/aromatic N) is 1. The third-order valence-electron chi connectivity index (χ3n) is 3.55. The number of imide groups is 1. The summed E-state index contributed by atoms with van der Waals surface area (Å²) in [6, 6.07) is 16.2. The van der Waals surface area contributed by atoms with Gasteiger partial charge in [-0.2, -0.15) is 0 Å². The Morgan fingerprint density at radius 2 is 1.62 bits per heavy atom. The summed E-state index contributed by atoms with van der Waals surface area (Å²) in [6.45, 7) is -0.262. The molecule has 0 atom stereocenters. The van der Waals surface area contributed by atoms with Crippen LogP contribution < -0.4 is 10.1 Å². The monoisotopic (exact) mass is 324 g/mol. The van der Waals surface area contributed by atoms with Crippen LogP contribution in [-0.2, 0) is 14.4 Å². The molecule has 2 aromatic carbocycles. The van der Waals surface area contributed by atoms with Crippen LogP contribution in [0, 0.1) is 0 Å². The molecular weight excluding hydrogens is 308 g/mol.